The van der Waals surface area contributed by atoms with E-state index in [0.717, 1.165) is 0 Å². The maximum absolute atomic E-state index is 10.6. The smallest absolute Gasteiger partial charge is 0.305 e. The molecule has 0 atom stereocenters. The van der Waals surface area contributed by atoms with Gasteiger partial charge in [0.1, 0.15) is 0 Å². The molecule has 2 N–H and O–H groups in total. The van der Waals surface area contributed by atoms with Crippen LogP contribution in [-0.2, 0) is 9.53 Å². The number of esters is 1. The van der Waals surface area contributed by atoms with Crippen LogP contribution < -0.4 is 0 Å². The fourth-order valence-corrected chi connectivity index (χ4v) is 0.572. The summed E-state index contributed by atoms with van der Waals surface area (Å²) in [6.45, 7) is 3.26. The third kappa shape index (κ3) is 7.29. The van der Waals surface area contributed by atoms with Crippen LogP contribution in [0.5, 0.6) is 0 Å². The zero-order valence-corrected chi connectivity index (χ0v) is 6.83. The standard InChI is InChI=1S/C7H14O4/c1-3-11-6(8)4-5-7(2,9)10/h9-10H,3-5H2,1-2H3. The number of aliphatic hydroxyl groups is 2. The summed E-state index contributed by atoms with van der Waals surface area (Å²) in [5.74, 6) is -2.17. The number of hydrogen-bond donors (Lipinski definition) is 2. The Morgan fingerprint density at radius 1 is 1.55 bits per heavy atom. The molecule has 4 heteroatoms. The van der Waals surface area contributed by atoms with Crippen molar-refractivity contribution in [2.45, 2.75) is 32.5 Å². The third-order valence-electron chi connectivity index (χ3n) is 1.11. The van der Waals surface area contributed by atoms with Crippen LogP contribution in [-0.4, -0.2) is 28.6 Å². The summed E-state index contributed by atoms with van der Waals surface area (Å²) in [6.07, 6.45) is 0.0448. The molecule has 0 aliphatic heterocycles. The van der Waals surface area contributed by atoms with Gasteiger partial charge in [-0.25, -0.2) is 0 Å². The van der Waals surface area contributed by atoms with Crippen molar-refractivity contribution in [3.63, 3.8) is 0 Å². The van der Waals surface area contributed by atoms with Crippen LogP contribution in [0.15, 0.2) is 0 Å². The number of ether oxygens (including phenoxy) is 1. The molecule has 0 fully saturated rings. The van der Waals surface area contributed by atoms with Gasteiger partial charge in [-0.15, -0.1) is 0 Å². The first-order chi connectivity index (χ1) is 4.95. The van der Waals surface area contributed by atoms with E-state index in [9.17, 15) is 4.79 Å². The van der Waals surface area contributed by atoms with Crippen molar-refractivity contribution >= 4 is 5.97 Å². The molecule has 0 aromatic carbocycles. The van der Waals surface area contributed by atoms with E-state index in [1.807, 2.05) is 0 Å². The molecule has 4 nitrogen and oxygen atoms in total. The summed E-state index contributed by atoms with van der Waals surface area (Å²) in [6, 6.07) is 0. The molecule has 0 aromatic rings. The van der Waals surface area contributed by atoms with E-state index in [4.69, 9.17) is 10.2 Å². The van der Waals surface area contributed by atoms with Crippen molar-refractivity contribution in [2.24, 2.45) is 0 Å². The van der Waals surface area contributed by atoms with Gasteiger partial charge >= 0.3 is 5.97 Å². The topological polar surface area (TPSA) is 66.8 Å². The average molecular weight is 162 g/mol. The average Bonchev–Trinajstić information content (AvgIpc) is 1.83. The van der Waals surface area contributed by atoms with Gasteiger partial charge in [0.2, 0.25) is 0 Å². The minimum absolute atomic E-state index is 0.00579. The van der Waals surface area contributed by atoms with Crippen LogP contribution in [0.4, 0.5) is 0 Å². The number of carbonyl (C=O) groups is 1. The van der Waals surface area contributed by atoms with Gasteiger partial charge in [-0.3, -0.25) is 4.79 Å². The number of hydrogen-bond acceptors (Lipinski definition) is 4. The van der Waals surface area contributed by atoms with Gasteiger partial charge in [-0.05, 0) is 13.8 Å². The van der Waals surface area contributed by atoms with Crippen molar-refractivity contribution in [2.75, 3.05) is 6.61 Å². The Morgan fingerprint density at radius 3 is 2.45 bits per heavy atom. The molecule has 0 saturated carbocycles. The van der Waals surface area contributed by atoms with Crippen LogP contribution in [0.3, 0.4) is 0 Å². The van der Waals surface area contributed by atoms with Crippen LogP contribution in [0.1, 0.15) is 26.7 Å². The molecule has 11 heavy (non-hydrogen) atoms. The molecule has 0 saturated heterocycles. The van der Waals surface area contributed by atoms with Gasteiger partial charge in [-0.2, -0.15) is 0 Å². The zero-order chi connectivity index (χ0) is 8.91. The minimum Gasteiger partial charge on any atom is -0.466 e. The Balaban J connectivity index is 3.46. The second-order valence-corrected chi connectivity index (χ2v) is 2.52. The largest absolute Gasteiger partial charge is 0.466 e. The van der Waals surface area contributed by atoms with E-state index >= 15 is 0 Å². The molecular weight excluding hydrogens is 148 g/mol. The first kappa shape index (κ1) is 10.4. The highest BCUT2D eigenvalue weighted by Gasteiger charge is 2.16. The van der Waals surface area contributed by atoms with Gasteiger partial charge < -0.3 is 14.9 Å². The van der Waals surface area contributed by atoms with Crippen LogP contribution in [0.25, 0.3) is 0 Å². The maximum Gasteiger partial charge on any atom is 0.305 e. The lowest BCUT2D eigenvalue weighted by molar-refractivity contribution is -0.162. The van der Waals surface area contributed by atoms with E-state index in [2.05, 4.69) is 4.74 Å². The Hall–Kier alpha value is -0.610. The fraction of sp³-hybridized carbons (Fsp3) is 0.857. The van der Waals surface area contributed by atoms with Crippen molar-refractivity contribution < 1.29 is 19.7 Å². The minimum atomic E-state index is -1.77. The first-order valence-electron chi connectivity index (χ1n) is 3.56. The summed E-state index contributed by atoms with van der Waals surface area (Å²) in [4.78, 5) is 10.6. The van der Waals surface area contributed by atoms with E-state index < -0.39 is 11.8 Å². The summed E-state index contributed by atoms with van der Waals surface area (Å²) in [7, 11) is 0. The highest BCUT2D eigenvalue weighted by molar-refractivity contribution is 5.69. The highest BCUT2D eigenvalue weighted by atomic mass is 16.5. The summed E-state index contributed by atoms with van der Waals surface area (Å²) in [5.41, 5.74) is 0. The molecule has 66 valence electrons. The van der Waals surface area contributed by atoms with Crippen LogP contribution in [0, 0.1) is 0 Å². The molecule has 0 aliphatic rings. The second-order valence-electron chi connectivity index (χ2n) is 2.52. The monoisotopic (exact) mass is 162 g/mol. The van der Waals surface area contributed by atoms with Gasteiger partial charge in [0, 0.05) is 6.42 Å². The van der Waals surface area contributed by atoms with Crippen molar-refractivity contribution in [1.82, 2.24) is 0 Å². The van der Waals surface area contributed by atoms with Crippen molar-refractivity contribution in [3.8, 4) is 0 Å². The van der Waals surface area contributed by atoms with Crippen LogP contribution >= 0.6 is 0 Å². The molecule has 0 spiro atoms. The fourth-order valence-electron chi connectivity index (χ4n) is 0.572. The Morgan fingerprint density at radius 2 is 2.09 bits per heavy atom. The quantitative estimate of drug-likeness (QED) is 0.452. The molecule has 0 heterocycles. The molecule has 0 aromatic heterocycles. The lowest BCUT2D eigenvalue weighted by Crippen LogP contribution is -2.24. The second kappa shape index (κ2) is 4.31. The molecule has 0 rings (SSSR count). The van der Waals surface area contributed by atoms with E-state index in [1.165, 1.54) is 6.92 Å². The normalized spacial score (nSPS) is 11.3. The molecule has 0 unspecified atom stereocenters. The van der Waals surface area contributed by atoms with Gasteiger partial charge in [-0.1, -0.05) is 0 Å². The van der Waals surface area contributed by atoms with Gasteiger partial charge in [0.25, 0.3) is 0 Å². The molecule has 0 bridgehead atoms. The SMILES string of the molecule is CCOC(=O)CCC(C)(O)O. The van der Waals surface area contributed by atoms with E-state index in [0.29, 0.717) is 6.61 Å². The first-order valence-corrected chi connectivity index (χ1v) is 3.56. The molecule has 0 amide bonds. The third-order valence-corrected chi connectivity index (χ3v) is 1.11. The van der Waals surface area contributed by atoms with Crippen molar-refractivity contribution in [3.05, 3.63) is 0 Å². The molecule has 0 aliphatic carbocycles. The predicted octanol–water partition coefficient (Wildman–Crippen LogP) is 0.0305. The van der Waals surface area contributed by atoms with Gasteiger partial charge in [0.15, 0.2) is 5.79 Å². The maximum atomic E-state index is 10.6. The van der Waals surface area contributed by atoms with Gasteiger partial charge in [0.05, 0.1) is 13.0 Å². The summed E-state index contributed by atoms with van der Waals surface area (Å²) < 4.78 is 4.58. The van der Waals surface area contributed by atoms with E-state index in [-0.39, 0.29) is 12.8 Å². The lowest BCUT2D eigenvalue weighted by Gasteiger charge is -2.14. The Kier molecular flexibility index (Phi) is 4.07. The van der Waals surface area contributed by atoms with E-state index in [1.54, 1.807) is 6.92 Å². The predicted molar refractivity (Wildman–Crippen MR) is 38.7 cm³/mol. The summed E-state index contributed by atoms with van der Waals surface area (Å²) in [5, 5.41) is 17.6. The molecule has 0 radical (unpaired) electrons. The Bertz CT molecular complexity index is 125. The van der Waals surface area contributed by atoms with Crippen LogP contribution in [0.2, 0.25) is 0 Å². The highest BCUT2D eigenvalue weighted by Crippen LogP contribution is 2.07. The lowest BCUT2D eigenvalue weighted by atomic mass is 10.2. The molecular formula is C7H14O4. The number of carbonyl (C=O) groups excluding carboxylic acids is 1. The van der Waals surface area contributed by atoms with Crippen molar-refractivity contribution in [1.29, 1.82) is 0 Å². The number of rotatable bonds is 4. The Labute approximate surface area is 65.8 Å². The summed E-state index contributed by atoms with van der Waals surface area (Å²) >= 11 is 0. The zero-order valence-electron chi connectivity index (χ0n) is 6.83.